The molecule has 0 radical (unpaired) electrons. The second kappa shape index (κ2) is 11.4. The van der Waals surface area contributed by atoms with Crippen molar-refractivity contribution in [3.63, 3.8) is 0 Å². The first-order valence-corrected chi connectivity index (χ1v) is 31.5. The third kappa shape index (κ3) is 5.63. The number of fused-ring (bicyclic) bond motifs is 3. The molecule has 0 saturated heterocycles. The van der Waals surface area contributed by atoms with Crippen molar-refractivity contribution in [3.05, 3.63) is 154 Å². The van der Waals surface area contributed by atoms with Gasteiger partial charge in [0.1, 0.15) is 0 Å². The summed E-state index contributed by atoms with van der Waals surface area (Å²) in [6, 6.07) is 35.7. The summed E-state index contributed by atoms with van der Waals surface area (Å²) in [4.78, 5) is 0. The van der Waals surface area contributed by atoms with Gasteiger partial charge in [0.05, 0.1) is 0 Å². The molecular formula is C43H48Cl2Hf. The van der Waals surface area contributed by atoms with Gasteiger partial charge in [0.25, 0.3) is 0 Å². The van der Waals surface area contributed by atoms with E-state index in [1.54, 1.807) is 0 Å². The molecule has 0 N–H and O–H groups in total. The van der Waals surface area contributed by atoms with Crippen LogP contribution in [0.5, 0.6) is 0 Å². The molecule has 4 aromatic carbocycles. The van der Waals surface area contributed by atoms with Crippen molar-refractivity contribution in [2.45, 2.75) is 80.5 Å². The number of allylic oxidation sites excluding steroid dienone is 4. The molecule has 0 aliphatic heterocycles. The average Bonchev–Trinajstić information content (AvgIpc) is 3.62. The van der Waals surface area contributed by atoms with Gasteiger partial charge in [-0.25, -0.2) is 0 Å². The summed E-state index contributed by atoms with van der Waals surface area (Å²) in [6.45, 7) is 20.6. The minimum absolute atomic E-state index is 0.0199. The SMILES string of the molecule is CC(C)(C)C1=C[CH]([Hf]([Cl])([Cl])(=[C](c2ccccc2)c2ccccc2)[CH]2c3cc(C(C)(C)C)ccc3-c3ccc(C(C)(C)C)cc32)C=C1. The topological polar surface area (TPSA) is 0 Å². The maximum atomic E-state index is 8.90. The zero-order valence-electron chi connectivity index (χ0n) is 28.9. The Labute approximate surface area is 285 Å². The Kier molecular flexibility index (Phi) is 8.31. The first-order valence-electron chi connectivity index (χ1n) is 16.7. The van der Waals surface area contributed by atoms with E-state index in [1.807, 2.05) is 0 Å². The Morgan fingerprint density at radius 3 is 1.37 bits per heavy atom. The normalized spacial score (nSPS) is 17.1. The summed E-state index contributed by atoms with van der Waals surface area (Å²) in [7, 11) is 17.8. The summed E-state index contributed by atoms with van der Waals surface area (Å²) in [6.07, 6.45) is 7.08. The van der Waals surface area contributed by atoms with Crippen LogP contribution in [0.2, 0.25) is 3.67 Å². The average molecular weight is 814 g/mol. The predicted molar refractivity (Wildman–Crippen MR) is 199 cm³/mol. The molecule has 2 aliphatic carbocycles. The molecule has 1 atom stereocenters. The van der Waals surface area contributed by atoms with E-state index < -0.39 is 15.7 Å². The fraction of sp³-hybridized carbons (Fsp3) is 0.326. The van der Waals surface area contributed by atoms with Gasteiger partial charge in [-0.2, -0.15) is 0 Å². The van der Waals surface area contributed by atoms with Crippen LogP contribution in [0.4, 0.5) is 0 Å². The standard InChI is InChI=1S/C21H25.C13H10.C9H13.2ClH.Hf/c1-20(2,3)16-7-9-18-14(12-16)11-15-13-17(21(4,5)6)8-10-19(15)18;1-3-7-12(8-4-1)11-13-9-5-2-6-10-13;1-9(2,3)8-6-4-5-7-8;;;/h7-13H,1-6H3;1-10H;4-7H,1-3H3;2*1H;/q;;;;;+2/p-2. The minimum atomic E-state index is -5.64. The van der Waals surface area contributed by atoms with E-state index in [4.69, 9.17) is 17.2 Å². The van der Waals surface area contributed by atoms with Gasteiger partial charge in [-0.1, -0.05) is 0 Å². The van der Waals surface area contributed by atoms with Crippen molar-refractivity contribution in [1.29, 1.82) is 0 Å². The molecule has 238 valence electrons. The van der Waals surface area contributed by atoms with E-state index in [2.05, 4.69) is 178 Å². The molecule has 0 saturated carbocycles. The molecule has 1 unspecified atom stereocenters. The zero-order chi connectivity index (χ0) is 33.3. The summed E-state index contributed by atoms with van der Waals surface area (Å²) < 4.78 is 0.912. The molecule has 2 aliphatic rings. The van der Waals surface area contributed by atoms with Gasteiger partial charge in [0, 0.05) is 0 Å². The van der Waals surface area contributed by atoms with Crippen molar-refractivity contribution in [2.24, 2.45) is 5.41 Å². The van der Waals surface area contributed by atoms with Gasteiger partial charge in [-0.05, 0) is 0 Å². The van der Waals surface area contributed by atoms with E-state index in [9.17, 15) is 0 Å². The van der Waals surface area contributed by atoms with Gasteiger partial charge >= 0.3 is 287 Å². The van der Waals surface area contributed by atoms with E-state index in [0.29, 0.717) is 0 Å². The van der Waals surface area contributed by atoms with Gasteiger partial charge in [-0.15, -0.1) is 0 Å². The molecule has 0 amide bonds. The summed E-state index contributed by atoms with van der Waals surface area (Å²) >= 11 is -5.64. The Morgan fingerprint density at radius 1 is 0.565 bits per heavy atom. The Hall–Kier alpha value is -2.32. The molecule has 0 fully saturated rings. The molecule has 4 aromatic rings. The first-order chi connectivity index (χ1) is 21.4. The fourth-order valence-electron chi connectivity index (χ4n) is 7.54. The van der Waals surface area contributed by atoms with E-state index in [0.717, 1.165) is 14.4 Å². The Morgan fingerprint density at radius 2 is 1.00 bits per heavy atom. The van der Waals surface area contributed by atoms with Gasteiger partial charge < -0.3 is 0 Å². The number of rotatable bonds is 4. The second-order valence-electron chi connectivity index (χ2n) is 16.6. The molecule has 0 bridgehead atoms. The molecule has 0 spiro atoms. The van der Waals surface area contributed by atoms with Crippen LogP contribution in [-0.2, 0) is 26.5 Å². The van der Waals surface area contributed by atoms with Crippen LogP contribution >= 0.6 is 17.2 Å². The number of halogens is 2. The second-order valence-corrected chi connectivity index (χ2v) is 46.0. The molecule has 0 heterocycles. The van der Waals surface area contributed by atoms with Crippen LogP contribution in [-0.4, -0.2) is 3.26 Å². The van der Waals surface area contributed by atoms with Crippen LogP contribution in [0.25, 0.3) is 11.1 Å². The fourth-order valence-corrected chi connectivity index (χ4v) is 35.1. The van der Waals surface area contributed by atoms with Crippen molar-refractivity contribution in [1.82, 2.24) is 0 Å². The van der Waals surface area contributed by atoms with Crippen LogP contribution < -0.4 is 0 Å². The Bertz CT molecular complexity index is 1830. The van der Waals surface area contributed by atoms with Crippen molar-refractivity contribution in [3.8, 4) is 11.1 Å². The summed E-state index contributed by atoms with van der Waals surface area (Å²) in [5.41, 5.74) is 11.2. The van der Waals surface area contributed by atoms with Gasteiger partial charge in [0.15, 0.2) is 0 Å². The zero-order valence-corrected chi connectivity index (χ0v) is 34.0. The summed E-state index contributed by atoms with van der Waals surface area (Å²) in [5.74, 6) is 0. The summed E-state index contributed by atoms with van der Waals surface area (Å²) in [5, 5.41) is 0. The van der Waals surface area contributed by atoms with Crippen LogP contribution in [0.3, 0.4) is 0 Å². The van der Waals surface area contributed by atoms with Crippen LogP contribution in [0.1, 0.15) is 99.4 Å². The molecule has 46 heavy (non-hydrogen) atoms. The maximum absolute atomic E-state index is 8.90. The van der Waals surface area contributed by atoms with Gasteiger partial charge in [-0.3, -0.25) is 0 Å². The molecule has 6 rings (SSSR count). The first kappa shape index (κ1) is 33.6. The van der Waals surface area contributed by atoms with Crippen LogP contribution in [0.15, 0.2) is 121 Å². The number of hydrogen-bond acceptors (Lipinski definition) is 0. The molecule has 0 aromatic heterocycles. The number of benzene rings is 4. The third-order valence-electron chi connectivity index (χ3n) is 10.2. The molecule has 3 heteroatoms. The van der Waals surface area contributed by atoms with Crippen molar-refractivity contribution < 1.29 is 15.7 Å². The molecule has 0 nitrogen and oxygen atoms in total. The predicted octanol–water partition coefficient (Wildman–Crippen LogP) is 12.9. The third-order valence-corrected chi connectivity index (χ3v) is 38.2. The van der Waals surface area contributed by atoms with Crippen LogP contribution in [0, 0.1) is 5.41 Å². The quantitative estimate of drug-likeness (QED) is 0.180. The monoisotopic (exact) mass is 814 g/mol. The van der Waals surface area contributed by atoms with E-state index in [1.165, 1.54) is 39.0 Å². The van der Waals surface area contributed by atoms with E-state index in [-0.39, 0.29) is 23.6 Å². The Balaban J connectivity index is 1.85. The number of hydrogen-bond donors (Lipinski definition) is 0. The van der Waals surface area contributed by atoms with E-state index >= 15 is 0 Å². The van der Waals surface area contributed by atoms with Crippen molar-refractivity contribution in [2.75, 3.05) is 0 Å². The molecular weight excluding hydrogens is 766 g/mol. The van der Waals surface area contributed by atoms with Crippen molar-refractivity contribution >= 4 is 20.4 Å². The van der Waals surface area contributed by atoms with Gasteiger partial charge in [0.2, 0.25) is 0 Å².